The molecule has 0 aliphatic carbocycles. The number of aromatic nitrogens is 4. The van der Waals surface area contributed by atoms with Gasteiger partial charge in [-0.1, -0.05) is 42.5 Å². The second kappa shape index (κ2) is 11.2. The lowest BCUT2D eigenvalue weighted by atomic mass is 10.1. The molecule has 1 heterocycles. The highest BCUT2D eigenvalue weighted by Crippen LogP contribution is 2.33. The minimum Gasteiger partial charge on any atom is -0.494 e. The van der Waals surface area contributed by atoms with Crippen molar-refractivity contribution in [1.82, 2.24) is 24.5 Å². The standard InChI is InChI=1S/C25H27N5O5S/c1-33-23-11-7-10-20(25(23)35-3)17-29(15-14-19-8-5-4-6-9-19)36(31,32)21-12-13-22(24(16-21)34-2)30-18-26-27-28-30/h4-13,16,18H,14-15,17H2,1-3H3. The second-order valence-electron chi connectivity index (χ2n) is 7.81. The fourth-order valence-electron chi connectivity index (χ4n) is 3.88. The zero-order valence-electron chi connectivity index (χ0n) is 20.2. The van der Waals surface area contributed by atoms with E-state index >= 15 is 0 Å². The van der Waals surface area contributed by atoms with Crippen molar-refractivity contribution in [3.63, 3.8) is 0 Å². The third kappa shape index (κ3) is 5.31. The fourth-order valence-corrected chi connectivity index (χ4v) is 5.31. The van der Waals surface area contributed by atoms with Crippen LogP contribution in [0.15, 0.2) is 78.0 Å². The van der Waals surface area contributed by atoms with E-state index in [9.17, 15) is 8.42 Å². The lowest BCUT2D eigenvalue weighted by molar-refractivity contribution is 0.342. The van der Waals surface area contributed by atoms with Crippen LogP contribution in [0, 0.1) is 0 Å². The smallest absolute Gasteiger partial charge is 0.243 e. The highest BCUT2D eigenvalue weighted by molar-refractivity contribution is 7.89. The summed E-state index contributed by atoms with van der Waals surface area (Å²) >= 11 is 0. The third-order valence-corrected chi connectivity index (χ3v) is 7.55. The first-order chi connectivity index (χ1) is 17.5. The molecule has 3 aromatic carbocycles. The van der Waals surface area contributed by atoms with Gasteiger partial charge in [0.1, 0.15) is 17.8 Å². The molecule has 4 aromatic rings. The van der Waals surface area contributed by atoms with Crippen LogP contribution >= 0.6 is 0 Å². The Morgan fingerprint density at radius 2 is 1.67 bits per heavy atom. The Balaban J connectivity index is 1.72. The van der Waals surface area contributed by atoms with Gasteiger partial charge in [-0.15, -0.1) is 5.10 Å². The first kappa shape index (κ1) is 25.1. The van der Waals surface area contributed by atoms with E-state index in [4.69, 9.17) is 14.2 Å². The molecule has 10 nitrogen and oxygen atoms in total. The van der Waals surface area contributed by atoms with Crippen molar-refractivity contribution in [1.29, 1.82) is 0 Å². The largest absolute Gasteiger partial charge is 0.494 e. The van der Waals surface area contributed by atoms with Crippen molar-refractivity contribution in [2.75, 3.05) is 27.9 Å². The maximum atomic E-state index is 13.9. The molecule has 1 aromatic heterocycles. The van der Waals surface area contributed by atoms with Crippen LogP contribution in [0.2, 0.25) is 0 Å². The number of methoxy groups -OCH3 is 3. The fraction of sp³-hybridized carbons (Fsp3) is 0.240. The maximum absolute atomic E-state index is 13.9. The topological polar surface area (TPSA) is 109 Å². The minimum absolute atomic E-state index is 0.0890. The molecule has 36 heavy (non-hydrogen) atoms. The van der Waals surface area contributed by atoms with E-state index in [1.807, 2.05) is 42.5 Å². The van der Waals surface area contributed by atoms with Gasteiger partial charge < -0.3 is 14.2 Å². The minimum atomic E-state index is -3.94. The predicted octanol–water partition coefficient (Wildman–Crippen LogP) is 3.12. The summed E-state index contributed by atoms with van der Waals surface area (Å²) in [7, 11) is 0.610. The average Bonchev–Trinajstić information content (AvgIpc) is 3.45. The summed E-state index contributed by atoms with van der Waals surface area (Å²) in [4.78, 5) is 0.0890. The zero-order chi connectivity index (χ0) is 25.5. The molecule has 0 N–H and O–H groups in total. The molecular weight excluding hydrogens is 482 g/mol. The number of tetrazole rings is 1. The third-order valence-electron chi connectivity index (χ3n) is 5.71. The van der Waals surface area contributed by atoms with Gasteiger partial charge >= 0.3 is 0 Å². The zero-order valence-corrected chi connectivity index (χ0v) is 21.1. The number of ether oxygens (including phenoxy) is 3. The first-order valence-electron chi connectivity index (χ1n) is 11.1. The van der Waals surface area contributed by atoms with E-state index in [0.717, 1.165) is 5.56 Å². The van der Waals surface area contributed by atoms with Gasteiger partial charge in [0.25, 0.3) is 0 Å². The Hall–Kier alpha value is -3.96. The van der Waals surface area contributed by atoms with Crippen molar-refractivity contribution >= 4 is 10.0 Å². The molecule has 0 bridgehead atoms. The van der Waals surface area contributed by atoms with Crippen molar-refractivity contribution in [3.05, 3.63) is 84.2 Å². The summed E-state index contributed by atoms with van der Waals surface area (Å²) in [5.74, 6) is 1.35. The number of nitrogens with zero attached hydrogens (tertiary/aromatic N) is 5. The number of sulfonamides is 1. The molecule has 0 amide bonds. The van der Waals surface area contributed by atoms with Gasteiger partial charge in [-0.2, -0.15) is 8.99 Å². The Kier molecular flexibility index (Phi) is 7.81. The van der Waals surface area contributed by atoms with Gasteiger partial charge in [-0.05, 0) is 40.6 Å². The van der Waals surface area contributed by atoms with Gasteiger partial charge in [-0.3, -0.25) is 0 Å². The number of para-hydroxylation sites is 1. The monoisotopic (exact) mass is 509 g/mol. The highest BCUT2D eigenvalue weighted by atomic mass is 32.2. The molecule has 0 aliphatic rings. The molecule has 0 atom stereocenters. The summed E-state index contributed by atoms with van der Waals surface area (Å²) in [6.07, 6.45) is 1.94. The van der Waals surface area contributed by atoms with E-state index in [1.165, 1.54) is 41.7 Å². The molecule has 188 valence electrons. The molecule has 0 unspecified atom stereocenters. The van der Waals surface area contributed by atoms with Crippen LogP contribution in [0.3, 0.4) is 0 Å². The first-order valence-corrected chi connectivity index (χ1v) is 12.6. The molecule has 11 heteroatoms. The predicted molar refractivity (Wildman–Crippen MR) is 133 cm³/mol. The van der Waals surface area contributed by atoms with E-state index < -0.39 is 10.0 Å². The van der Waals surface area contributed by atoms with E-state index in [0.29, 0.717) is 34.9 Å². The van der Waals surface area contributed by atoms with Crippen LogP contribution in [-0.4, -0.2) is 60.8 Å². The van der Waals surface area contributed by atoms with Crippen LogP contribution in [0.25, 0.3) is 5.69 Å². The summed E-state index contributed by atoms with van der Waals surface area (Å²) in [5.41, 5.74) is 2.24. The quantitative estimate of drug-likeness (QED) is 0.303. The molecule has 0 radical (unpaired) electrons. The van der Waals surface area contributed by atoms with Crippen molar-refractivity contribution in [2.45, 2.75) is 17.9 Å². The molecular formula is C25H27N5O5S. The number of benzene rings is 3. The number of hydrogen-bond donors (Lipinski definition) is 0. The number of rotatable bonds is 11. The van der Waals surface area contributed by atoms with Gasteiger partial charge in [0.2, 0.25) is 10.0 Å². The molecule has 0 saturated carbocycles. The highest BCUT2D eigenvalue weighted by Gasteiger charge is 2.27. The summed E-state index contributed by atoms with van der Waals surface area (Å²) in [6.45, 7) is 0.344. The van der Waals surface area contributed by atoms with Crippen molar-refractivity contribution in [3.8, 4) is 22.9 Å². The van der Waals surface area contributed by atoms with Crippen molar-refractivity contribution < 1.29 is 22.6 Å². The second-order valence-corrected chi connectivity index (χ2v) is 9.75. The Bertz CT molecular complexity index is 1400. The molecule has 0 spiro atoms. The van der Waals surface area contributed by atoms with Crippen LogP contribution in [0.4, 0.5) is 0 Å². The van der Waals surface area contributed by atoms with Gasteiger partial charge in [0, 0.05) is 24.7 Å². The molecule has 0 aliphatic heterocycles. The SMILES string of the molecule is COc1cc(S(=O)(=O)N(CCc2ccccc2)Cc2cccc(OC)c2OC)ccc1-n1cnnn1. The Morgan fingerprint density at radius 1 is 0.889 bits per heavy atom. The van der Waals surface area contributed by atoms with Crippen LogP contribution in [0.5, 0.6) is 17.2 Å². The van der Waals surface area contributed by atoms with E-state index in [-0.39, 0.29) is 18.0 Å². The van der Waals surface area contributed by atoms with Crippen molar-refractivity contribution in [2.24, 2.45) is 0 Å². The average molecular weight is 510 g/mol. The normalized spacial score (nSPS) is 11.4. The van der Waals surface area contributed by atoms with Gasteiger partial charge in [0.05, 0.1) is 26.2 Å². The van der Waals surface area contributed by atoms with E-state index in [2.05, 4.69) is 15.5 Å². The Labute approximate surface area is 210 Å². The van der Waals surface area contributed by atoms with Gasteiger partial charge in [0.15, 0.2) is 11.5 Å². The molecule has 0 fully saturated rings. The molecule has 4 rings (SSSR count). The van der Waals surface area contributed by atoms with Gasteiger partial charge in [-0.25, -0.2) is 8.42 Å². The Morgan fingerprint density at radius 3 is 2.33 bits per heavy atom. The summed E-state index contributed by atoms with van der Waals surface area (Å²) in [6, 6.07) is 19.8. The summed E-state index contributed by atoms with van der Waals surface area (Å²) in [5, 5.41) is 11.1. The van der Waals surface area contributed by atoms with Crippen LogP contribution in [-0.2, 0) is 23.0 Å². The maximum Gasteiger partial charge on any atom is 0.243 e. The number of hydrogen-bond acceptors (Lipinski definition) is 8. The van der Waals surface area contributed by atoms with E-state index in [1.54, 1.807) is 19.2 Å². The lowest BCUT2D eigenvalue weighted by Crippen LogP contribution is -2.33. The molecule has 0 saturated heterocycles. The van der Waals surface area contributed by atoms with Crippen LogP contribution < -0.4 is 14.2 Å². The lowest BCUT2D eigenvalue weighted by Gasteiger charge is -2.24. The van der Waals surface area contributed by atoms with Crippen LogP contribution in [0.1, 0.15) is 11.1 Å². The summed E-state index contributed by atoms with van der Waals surface area (Å²) < 4.78 is 47.1.